The lowest BCUT2D eigenvalue weighted by Crippen LogP contribution is -2.48. The molecule has 0 aliphatic rings. The number of hydrogen-bond acceptors (Lipinski definition) is 3. The first-order valence-electron chi connectivity index (χ1n) is 5.14. The highest BCUT2D eigenvalue weighted by molar-refractivity contribution is 5.68. The van der Waals surface area contributed by atoms with E-state index in [4.69, 9.17) is 9.84 Å². The summed E-state index contributed by atoms with van der Waals surface area (Å²) in [5.74, 6) is -1.85. The molecule has 17 heavy (non-hydrogen) atoms. The van der Waals surface area contributed by atoms with Gasteiger partial charge in [0, 0.05) is 0 Å². The molecular weight excluding hydrogens is 239 g/mol. The lowest BCUT2D eigenvalue weighted by atomic mass is 10.0. The molecule has 0 aromatic heterocycles. The fourth-order valence-corrected chi connectivity index (χ4v) is 1.02. The Labute approximate surface area is 98.1 Å². The van der Waals surface area contributed by atoms with E-state index in [9.17, 15) is 18.0 Å². The Morgan fingerprint density at radius 2 is 1.82 bits per heavy atom. The summed E-state index contributed by atoms with van der Waals surface area (Å²) in [5, 5.41) is 10.8. The number of ether oxygens (including phenoxy) is 1. The first-order chi connectivity index (χ1) is 7.47. The lowest BCUT2D eigenvalue weighted by Gasteiger charge is -2.27. The number of aliphatic hydroxyl groups excluding tert-OH is 1. The summed E-state index contributed by atoms with van der Waals surface area (Å²) in [6.45, 7) is 4.85. The van der Waals surface area contributed by atoms with E-state index in [0.29, 0.717) is 0 Å². The summed E-state index contributed by atoms with van der Waals surface area (Å²) in [6, 6.07) is -1.41. The molecule has 0 radical (unpaired) electrons. The molecule has 0 saturated heterocycles. The summed E-state index contributed by atoms with van der Waals surface area (Å²) < 4.78 is 41.9. The second kappa shape index (κ2) is 5.57. The predicted molar refractivity (Wildman–Crippen MR) is 55.5 cm³/mol. The van der Waals surface area contributed by atoms with E-state index in [2.05, 4.69) is 0 Å². The number of rotatable bonds is 3. The molecule has 0 heterocycles. The minimum Gasteiger partial charge on any atom is -0.444 e. The molecule has 0 spiro atoms. The van der Waals surface area contributed by atoms with Crippen LogP contribution in [0.3, 0.4) is 0 Å². The average Bonchev–Trinajstić information content (AvgIpc) is 2.08. The van der Waals surface area contributed by atoms with Gasteiger partial charge in [-0.05, 0) is 20.8 Å². The number of carbonyl (C=O) groups excluding carboxylic acids is 1. The maximum atomic E-state index is 12.4. The maximum Gasteiger partial charge on any atom is 0.407 e. The number of amides is 1. The molecule has 0 aliphatic heterocycles. The van der Waals surface area contributed by atoms with Crippen molar-refractivity contribution in [3.63, 3.8) is 0 Å². The van der Waals surface area contributed by atoms with Crippen molar-refractivity contribution < 1.29 is 27.8 Å². The molecule has 2 N–H and O–H groups in total. The minimum absolute atomic E-state index is 0.800. The van der Waals surface area contributed by atoms with Crippen molar-refractivity contribution in [2.45, 2.75) is 45.5 Å². The smallest absolute Gasteiger partial charge is 0.407 e. The largest absolute Gasteiger partial charge is 0.444 e. The predicted octanol–water partition coefficient (Wildman–Crippen LogP) is 2.07. The van der Waals surface area contributed by atoms with E-state index in [1.54, 1.807) is 20.8 Å². The van der Waals surface area contributed by atoms with Crippen LogP contribution in [0.15, 0.2) is 0 Å². The molecule has 0 rings (SSSR count). The summed E-state index contributed by atoms with van der Waals surface area (Å²) >= 11 is 0. The van der Waals surface area contributed by atoms with Gasteiger partial charge in [0.05, 0.1) is 18.6 Å². The Morgan fingerprint density at radius 3 is 2.12 bits per heavy atom. The van der Waals surface area contributed by atoms with Gasteiger partial charge in [0.2, 0.25) is 0 Å². The number of alkyl carbamates (subject to hydrolysis) is 1. The van der Waals surface area contributed by atoms with E-state index < -0.39 is 36.4 Å². The summed E-state index contributed by atoms with van der Waals surface area (Å²) in [7, 11) is 0. The molecule has 0 fully saturated rings. The second-order valence-electron chi connectivity index (χ2n) is 4.77. The Balaban J connectivity index is 4.47. The van der Waals surface area contributed by atoms with Gasteiger partial charge in [-0.15, -0.1) is 0 Å². The number of alkyl halides is 3. The number of nitrogens with one attached hydrogen (secondary N) is 1. The molecule has 2 atom stereocenters. The zero-order valence-electron chi connectivity index (χ0n) is 10.3. The quantitative estimate of drug-likeness (QED) is 0.813. The monoisotopic (exact) mass is 257 g/mol. The molecule has 4 nitrogen and oxygen atoms in total. The fraction of sp³-hybridized carbons (Fsp3) is 0.900. The standard InChI is InChI=1S/C10H18F3NO3/c1-6(10(11,12)13)7(5-15)14-8(16)17-9(2,3)4/h6-7,15H,5H2,1-4H3,(H,14,16)/t6?,7-/m1/s1. The molecule has 0 aliphatic carbocycles. The summed E-state index contributed by atoms with van der Waals surface area (Å²) in [5.41, 5.74) is -0.800. The number of carbonyl (C=O) groups is 1. The topological polar surface area (TPSA) is 58.6 Å². The molecule has 7 heteroatoms. The maximum absolute atomic E-state index is 12.4. The summed E-state index contributed by atoms with van der Waals surface area (Å²) in [4.78, 5) is 11.2. The first-order valence-corrected chi connectivity index (χ1v) is 5.14. The van der Waals surface area contributed by atoms with Crippen molar-refractivity contribution in [1.82, 2.24) is 5.32 Å². The third kappa shape index (κ3) is 6.35. The van der Waals surface area contributed by atoms with Gasteiger partial charge in [-0.1, -0.05) is 6.92 Å². The van der Waals surface area contributed by atoms with Gasteiger partial charge in [-0.3, -0.25) is 0 Å². The van der Waals surface area contributed by atoms with Gasteiger partial charge < -0.3 is 15.2 Å². The molecular formula is C10H18F3NO3. The van der Waals surface area contributed by atoms with Crippen LogP contribution in [0.1, 0.15) is 27.7 Å². The first kappa shape index (κ1) is 16.0. The van der Waals surface area contributed by atoms with Crippen LogP contribution in [-0.2, 0) is 4.74 Å². The zero-order chi connectivity index (χ0) is 13.9. The molecule has 102 valence electrons. The van der Waals surface area contributed by atoms with Crippen LogP contribution in [-0.4, -0.2) is 35.6 Å². The van der Waals surface area contributed by atoms with Crippen LogP contribution < -0.4 is 5.32 Å². The van der Waals surface area contributed by atoms with Gasteiger partial charge in [-0.2, -0.15) is 13.2 Å². The van der Waals surface area contributed by atoms with E-state index in [1.165, 1.54) is 0 Å². The Bertz CT molecular complexity index is 261. The molecule has 0 bridgehead atoms. The van der Waals surface area contributed by atoms with Crippen LogP contribution in [0.25, 0.3) is 0 Å². The minimum atomic E-state index is -4.48. The van der Waals surface area contributed by atoms with Crippen molar-refractivity contribution in [3.05, 3.63) is 0 Å². The van der Waals surface area contributed by atoms with E-state index in [0.717, 1.165) is 6.92 Å². The molecule has 0 saturated carbocycles. The van der Waals surface area contributed by atoms with Gasteiger partial charge in [0.15, 0.2) is 0 Å². The SMILES string of the molecule is CC([C@@H](CO)NC(=O)OC(C)(C)C)C(F)(F)F. The third-order valence-electron chi connectivity index (χ3n) is 2.02. The third-order valence-corrected chi connectivity index (χ3v) is 2.02. The second-order valence-corrected chi connectivity index (χ2v) is 4.77. The molecule has 1 unspecified atom stereocenters. The van der Waals surface area contributed by atoms with Gasteiger partial charge in [0.25, 0.3) is 0 Å². The van der Waals surface area contributed by atoms with Crippen molar-refractivity contribution in [3.8, 4) is 0 Å². The Kier molecular flexibility index (Phi) is 5.25. The van der Waals surface area contributed by atoms with Crippen LogP contribution in [0.5, 0.6) is 0 Å². The molecule has 0 aromatic carbocycles. The highest BCUT2D eigenvalue weighted by Crippen LogP contribution is 2.28. The van der Waals surface area contributed by atoms with Gasteiger partial charge >= 0.3 is 12.3 Å². The molecule has 0 aromatic rings. The van der Waals surface area contributed by atoms with Crippen LogP contribution in [0.2, 0.25) is 0 Å². The van der Waals surface area contributed by atoms with Crippen molar-refractivity contribution in [2.24, 2.45) is 5.92 Å². The zero-order valence-corrected chi connectivity index (χ0v) is 10.3. The fourth-order valence-electron chi connectivity index (χ4n) is 1.02. The number of hydrogen-bond donors (Lipinski definition) is 2. The van der Waals surface area contributed by atoms with Crippen molar-refractivity contribution >= 4 is 6.09 Å². The highest BCUT2D eigenvalue weighted by atomic mass is 19.4. The van der Waals surface area contributed by atoms with E-state index in [-0.39, 0.29) is 0 Å². The van der Waals surface area contributed by atoms with Crippen LogP contribution >= 0.6 is 0 Å². The van der Waals surface area contributed by atoms with E-state index in [1.807, 2.05) is 5.32 Å². The highest BCUT2D eigenvalue weighted by Gasteiger charge is 2.42. The Morgan fingerprint density at radius 1 is 1.35 bits per heavy atom. The normalized spacial score (nSPS) is 16.2. The summed E-state index contributed by atoms with van der Waals surface area (Å²) in [6.07, 6.45) is -5.46. The van der Waals surface area contributed by atoms with E-state index >= 15 is 0 Å². The van der Waals surface area contributed by atoms with Crippen LogP contribution in [0, 0.1) is 5.92 Å². The van der Waals surface area contributed by atoms with Gasteiger partial charge in [0.1, 0.15) is 5.60 Å². The van der Waals surface area contributed by atoms with Crippen molar-refractivity contribution in [1.29, 1.82) is 0 Å². The lowest BCUT2D eigenvalue weighted by molar-refractivity contribution is -0.179. The average molecular weight is 257 g/mol. The Hall–Kier alpha value is -0.980. The van der Waals surface area contributed by atoms with Gasteiger partial charge in [-0.25, -0.2) is 4.79 Å². The van der Waals surface area contributed by atoms with Crippen molar-refractivity contribution in [2.75, 3.05) is 6.61 Å². The molecule has 1 amide bonds. The van der Waals surface area contributed by atoms with Crippen LogP contribution in [0.4, 0.5) is 18.0 Å². The number of aliphatic hydroxyl groups is 1. The number of halogens is 3.